The van der Waals surface area contributed by atoms with E-state index in [-0.39, 0.29) is 0 Å². The second-order valence-electron chi connectivity index (χ2n) is 1.82. The lowest BCUT2D eigenvalue weighted by Gasteiger charge is -1.93. The Hall–Kier alpha value is -0.800. The van der Waals surface area contributed by atoms with Gasteiger partial charge in [0, 0.05) is 18.3 Å². The van der Waals surface area contributed by atoms with Crippen LogP contribution in [0.3, 0.4) is 0 Å². The topological polar surface area (TPSA) is 51.0 Å². The van der Waals surface area contributed by atoms with Gasteiger partial charge in [-0.1, -0.05) is 0 Å². The molecule has 0 amide bonds. The van der Waals surface area contributed by atoms with Crippen molar-refractivity contribution in [3.63, 3.8) is 0 Å². The quantitative estimate of drug-likeness (QED) is 0.577. The SMILES string of the molecule is NOCCc1ccc[nH]1. The molecule has 3 N–H and O–H groups in total. The summed E-state index contributed by atoms with van der Waals surface area (Å²) in [6.45, 7) is 0.570. The van der Waals surface area contributed by atoms with E-state index in [1.165, 1.54) is 0 Å². The van der Waals surface area contributed by atoms with E-state index in [0.29, 0.717) is 6.61 Å². The molecule has 0 saturated carbocycles. The van der Waals surface area contributed by atoms with Gasteiger partial charge in [0.1, 0.15) is 0 Å². The van der Waals surface area contributed by atoms with Gasteiger partial charge in [-0.05, 0) is 12.1 Å². The number of aromatic amines is 1. The fourth-order valence-electron chi connectivity index (χ4n) is 0.692. The van der Waals surface area contributed by atoms with Gasteiger partial charge in [0.2, 0.25) is 0 Å². The second kappa shape index (κ2) is 3.27. The van der Waals surface area contributed by atoms with Gasteiger partial charge in [-0.25, -0.2) is 5.90 Å². The molecule has 0 aliphatic heterocycles. The van der Waals surface area contributed by atoms with Crippen LogP contribution >= 0.6 is 0 Å². The summed E-state index contributed by atoms with van der Waals surface area (Å²) in [5, 5.41) is 0. The third-order valence-corrected chi connectivity index (χ3v) is 1.15. The Morgan fingerprint density at radius 2 is 2.56 bits per heavy atom. The summed E-state index contributed by atoms with van der Waals surface area (Å²) < 4.78 is 0. The van der Waals surface area contributed by atoms with E-state index >= 15 is 0 Å². The predicted molar refractivity (Wildman–Crippen MR) is 34.6 cm³/mol. The Bertz CT molecular complexity index is 148. The van der Waals surface area contributed by atoms with Crippen molar-refractivity contribution in [2.75, 3.05) is 6.61 Å². The number of nitrogens with one attached hydrogen (secondary N) is 1. The maximum atomic E-state index is 4.83. The zero-order valence-electron chi connectivity index (χ0n) is 5.13. The first-order chi connectivity index (χ1) is 4.43. The Morgan fingerprint density at radius 1 is 1.67 bits per heavy atom. The van der Waals surface area contributed by atoms with Crippen LogP contribution < -0.4 is 5.90 Å². The molecule has 3 nitrogen and oxygen atoms in total. The van der Waals surface area contributed by atoms with Crippen LogP contribution in [0.2, 0.25) is 0 Å². The van der Waals surface area contributed by atoms with Gasteiger partial charge in [-0.3, -0.25) is 0 Å². The van der Waals surface area contributed by atoms with E-state index in [2.05, 4.69) is 9.82 Å². The van der Waals surface area contributed by atoms with Crippen LogP contribution in [-0.2, 0) is 11.3 Å². The van der Waals surface area contributed by atoms with E-state index in [1.807, 2.05) is 18.3 Å². The number of H-pyrrole nitrogens is 1. The Balaban J connectivity index is 2.30. The predicted octanol–water partition coefficient (Wildman–Crippen LogP) is 0.447. The first-order valence-corrected chi connectivity index (χ1v) is 2.87. The molecule has 50 valence electrons. The number of aromatic nitrogens is 1. The summed E-state index contributed by atoms with van der Waals surface area (Å²) in [6.07, 6.45) is 2.73. The van der Waals surface area contributed by atoms with E-state index in [9.17, 15) is 0 Å². The molecule has 0 aromatic carbocycles. The summed E-state index contributed by atoms with van der Waals surface area (Å²) in [4.78, 5) is 7.43. The molecule has 0 atom stereocenters. The highest BCUT2D eigenvalue weighted by molar-refractivity contribution is 5.03. The van der Waals surface area contributed by atoms with Crippen molar-refractivity contribution in [1.29, 1.82) is 0 Å². The summed E-state index contributed by atoms with van der Waals surface area (Å²) in [6, 6.07) is 3.95. The fourth-order valence-corrected chi connectivity index (χ4v) is 0.692. The number of rotatable bonds is 3. The smallest absolute Gasteiger partial charge is 0.0733 e. The highest BCUT2D eigenvalue weighted by Crippen LogP contribution is 1.93. The van der Waals surface area contributed by atoms with Gasteiger partial charge < -0.3 is 9.82 Å². The maximum Gasteiger partial charge on any atom is 0.0733 e. The third kappa shape index (κ3) is 1.87. The first-order valence-electron chi connectivity index (χ1n) is 2.87. The second-order valence-corrected chi connectivity index (χ2v) is 1.82. The van der Waals surface area contributed by atoms with Crippen molar-refractivity contribution in [3.8, 4) is 0 Å². The molecular formula is C6H10N2O. The van der Waals surface area contributed by atoms with Crippen LogP contribution in [0.15, 0.2) is 18.3 Å². The van der Waals surface area contributed by atoms with E-state index in [0.717, 1.165) is 12.1 Å². The number of hydrogen-bond donors (Lipinski definition) is 2. The molecule has 9 heavy (non-hydrogen) atoms. The van der Waals surface area contributed by atoms with Crippen LogP contribution in [0.4, 0.5) is 0 Å². The van der Waals surface area contributed by atoms with Crippen molar-refractivity contribution in [1.82, 2.24) is 4.98 Å². The highest BCUT2D eigenvalue weighted by Gasteiger charge is 1.89. The normalized spacial score (nSPS) is 9.89. The Morgan fingerprint density at radius 3 is 3.11 bits per heavy atom. The summed E-state index contributed by atoms with van der Waals surface area (Å²) in [5.74, 6) is 4.83. The zero-order chi connectivity index (χ0) is 6.53. The molecule has 0 bridgehead atoms. The van der Waals surface area contributed by atoms with E-state index in [1.54, 1.807) is 0 Å². The first kappa shape index (κ1) is 6.32. The van der Waals surface area contributed by atoms with Gasteiger partial charge in [0.05, 0.1) is 6.61 Å². The van der Waals surface area contributed by atoms with Crippen molar-refractivity contribution in [3.05, 3.63) is 24.0 Å². The number of nitrogens with two attached hydrogens (primary N) is 1. The van der Waals surface area contributed by atoms with Crippen LogP contribution in [0.5, 0.6) is 0 Å². The van der Waals surface area contributed by atoms with Crippen molar-refractivity contribution in [2.45, 2.75) is 6.42 Å². The summed E-state index contributed by atoms with van der Waals surface area (Å²) in [7, 11) is 0. The molecule has 0 spiro atoms. The molecule has 0 unspecified atom stereocenters. The Labute approximate surface area is 53.8 Å². The lowest BCUT2D eigenvalue weighted by atomic mass is 10.3. The summed E-state index contributed by atoms with van der Waals surface area (Å²) in [5.41, 5.74) is 1.15. The summed E-state index contributed by atoms with van der Waals surface area (Å²) >= 11 is 0. The number of hydrogen-bond acceptors (Lipinski definition) is 2. The molecule has 3 heteroatoms. The van der Waals surface area contributed by atoms with E-state index in [4.69, 9.17) is 5.90 Å². The van der Waals surface area contributed by atoms with E-state index < -0.39 is 0 Å². The fraction of sp³-hybridized carbons (Fsp3) is 0.333. The van der Waals surface area contributed by atoms with Crippen LogP contribution in [0, 0.1) is 0 Å². The Kier molecular flexibility index (Phi) is 2.30. The molecule has 1 aromatic heterocycles. The molecule has 0 radical (unpaired) electrons. The maximum absolute atomic E-state index is 4.83. The van der Waals surface area contributed by atoms with Crippen LogP contribution in [0.1, 0.15) is 5.69 Å². The average Bonchev–Trinajstić information content (AvgIpc) is 2.34. The van der Waals surface area contributed by atoms with Gasteiger partial charge in [0.25, 0.3) is 0 Å². The van der Waals surface area contributed by atoms with Crippen molar-refractivity contribution in [2.24, 2.45) is 5.90 Å². The minimum absolute atomic E-state index is 0.570. The highest BCUT2D eigenvalue weighted by atomic mass is 16.6. The molecule has 0 saturated heterocycles. The molecule has 0 aliphatic carbocycles. The van der Waals surface area contributed by atoms with Gasteiger partial charge in [-0.15, -0.1) is 0 Å². The molecular weight excluding hydrogens is 116 g/mol. The lowest BCUT2D eigenvalue weighted by Crippen LogP contribution is -2.03. The lowest BCUT2D eigenvalue weighted by molar-refractivity contribution is 0.140. The standard InChI is InChI=1S/C6H10N2O/c7-9-5-3-6-2-1-4-8-6/h1-2,4,8H,3,5,7H2. The van der Waals surface area contributed by atoms with Crippen LogP contribution in [-0.4, -0.2) is 11.6 Å². The van der Waals surface area contributed by atoms with Gasteiger partial charge >= 0.3 is 0 Å². The zero-order valence-corrected chi connectivity index (χ0v) is 5.13. The molecule has 1 aromatic rings. The third-order valence-electron chi connectivity index (χ3n) is 1.15. The van der Waals surface area contributed by atoms with Crippen molar-refractivity contribution < 1.29 is 4.84 Å². The molecule has 1 heterocycles. The molecule has 0 aliphatic rings. The average molecular weight is 126 g/mol. The molecule has 0 fully saturated rings. The van der Waals surface area contributed by atoms with Gasteiger partial charge in [-0.2, -0.15) is 0 Å². The van der Waals surface area contributed by atoms with Crippen LogP contribution in [0.25, 0.3) is 0 Å². The van der Waals surface area contributed by atoms with Gasteiger partial charge in [0.15, 0.2) is 0 Å². The van der Waals surface area contributed by atoms with Crippen molar-refractivity contribution >= 4 is 0 Å². The molecule has 1 rings (SSSR count). The minimum Gasteiger partial charge on any atom is -0.365 e. The minimum atomic E-state index is 0.570. The monoisotopic (exact) mass is 126 g/mol. The largest absolute Gasteiger partial charge is 0.365 e.